The van der Waals surface area contributed by atoms with Gasteiger partial charge in [0.2, 0.25) is 16.4 Å². The molecule has 3 N–H and O–H groups in total. The van der Waals surface area contributed by atoms with Gasteiger partial charge in [-0.1, -0.05) is 17.3 Å². The molecular weight excluding hydrogens is 256 g/mol. The quantitative estimate of drug-likeness (QED) is 0.810. The van der Waals surface area contributed by atoms with Crippen LogP contribution in [-0.2, 0) is 16.4 Å². The monoisotopic (exact) mass is 268 g/mol. The summed E-state index contributed by atoms with van der Waals surface area (Å²) in [6, 6.07) is 6.44. The van der Waals surface area contributed by atoms with E-state index in [1.54, 1.807) is 18.2 Å². The third-order valence-corrected chi connectivity index (χ3v) is 3.23. The summed E-state index contributed by atoms with van der Waals surface area (Å²) in [6.07, 6.45) is 1.77. The molecule has 0 atom stereocenters. The van der Waals surface area contributed by atoms with Crippen molar-refractivity contribution in [3.63, 3.8) is 0 Å². The Hall–Kier alpha value is -1.93. The highest BCUT2D eigenvalue weighted by atomic mass is 32.2. The van der Waals surface area contributed by atoms with Gasteiger partial charge in [-0.3, -0.25) is 0 Å². The van der Waals surface area contributed by atoms with Crippen molar-refractivity contribution in [2.75, 3.05) is 11.9 Å². The van der Waals surface area contributed by atoms with E-state index >= 15 is 0 Å². The van der Waals surface area contributed by atoms with Crippen molar-refractivity contribution in [3.8, 4) is 0 Å². The van der Waals surface area contributed by atoms with Gasteiger partial charge in [0, 0.05) is 13.0 Å². The van der Waals surface area contributed by atoms with E-state index in [9.17, 15) is 8.42 Å². The molecule has 7 nitrogen and oxygen atoms in total. The van der Waals surface area contributed by atoms with Crippen molar-refractivity contribution in [1.82, 2.24) is 10.1 Å². The van der Waals surface area contributed by atoms with Crippen molar-refractivity contribution < 1.29 is 12.9 Å². The molecule has 1 aromatic carbocycles. The van der Waals surface area contributed by atoms with Gasteiger partial charge in [0.1, 0.15) is 4.90 Å². The van der Waals surface area contributed by atoms with E-state index in [0.717, 1.165) is 0 Å². The second kappa shape index (κ2) is 5.15. The number of anilines is 1. The normalized spacial score (nSPS) is 11.4. The van der Waals surface area contributed by atoms with Crippen molar-refractivity contribution >= 4 is 15.7 Å². The van der Waals surface area contributed by atoms with E-state index in [1.165, 1.54) is 12.5 Å². The SMILES string of the molecule is NS(=O)(=O)c1ccccc1NCCc1ncon1. The van der Waals surface area contributed by atoms with E-state index < -0.39 is 10.0 Å². The van der Waals surface area contributed by atoms with Crippen LogP contribution in [0.2, 0.25) is 0 Å². The number of benzene rings is 1. The molecule has 1 heterocycles. The van der Waals surface area contributed by atoms with Crippen LogP contribution in [0.5, 0.6) is 0 Å². The van der Waals surface area contributed by atoms with Gasteiger partial charge in [0.05, 0.1) is 5.69 Å². The molecule has 1 aromatic heterocycles. The molecule has 8 heteroatoms. The van der Waals surface area contributed by atoms with Crippen LogP contribution in [0, 0.1) is 0 Å². The number of primary sulfonamides is 1. The summed E-state index contributed by atoms with van der Waals surface area (Å²) < 4.78 is 27.3. The van der Waals surface area contributed by atoms with Crippen LogP contribution < -0.4 is 10.5 Å². The molecule has 0 saturated carbocycles. The summed E-state index contributed by atoms with van der Waals surface area (Å²) in [7, 11) is -3.73. The minimum Gasteiger partial charge on any atom is -0.383 e. The summed E-state index contributed by atoms with van der Waals surface area (Å²) in [5, 5.41) is 11.7. The van der Waals surface area contributed by atoms with E-state index in [2.05, 4.69) is 20.0 Å². The number of rotatable bonds is 5. The number of hydrogen-bond donors (Lipinski definition) is 2. The Morgan fingerprint density at radius 1 is 1.33 bits per heavy atom. The summed E-state index contributed by atoms with van der Waals surface area (Å²) in [5.74, 6) is 0.551. The van der Waals surface area contributed by atoms with Gasteiger partial charge in [0.15, 0.2) is 5.82 Å². The van der Waals surface area contributed by atoms with Gasteiger partial charge in [-0.2, -0.15) is 4.98 Å². The smallest absolute Gasteiger partial charge is 0.240 e. The second-order valence-electron chi connectivity index (χ2n) is 3.57. The van der Waals surface area contributed by atoms with Gasteiger partial charge >= 0.3 is 0 Å². The predicted molar refractivity (Wildman–Crippen MR) is 64.3 cm³/mol. The number of nitrogens with two attached hydrogens (primary N) is 1. The number of nitrogens with zero attached hydrogens (tertiary/aromatic N) is 2. The standard InChI is InChI=1S/C10H12N4O3S/c11-18(15,16)9-4-2-1-3-8(9)12-6-5-10-13-7-17-14-10/h1-4,7,12H,5-6H2,(H2,11,15,16). The molecule has 96 valence electrons. The van der Waals surface area contributed by atoms with Crippen LogP contribution in [0.15, 0.2) is 40.1 Å². The minimum absolute atomic E-state index is 0.0677. The summed E-state index contributed by atoms with van der Waals surface area (Å²) >= 11 is 0. The maximum atomic E-state index is 11.3. The Kier molecular flexibility index (Phi) is 3.58. The molecule has 2 rings (SSSR count). The van der Waals surface area contributed by atoms with Crippen molar-refractivity contribution in [3.05, 3.63) is 36.5 Å². The lowest BCUT2D eigenvalue weighted by Crippen LogP contribution is -2.16. The molecule has 0 fully saturated rings. The molecule has 0 aliphatic rings. The lowest BCUT2D eigenvalue weighted by atomic mass is 10.3. The fourth-order valence-electron chi connectivity index (χ4n) is 1.47. The third kappa shape index (κ3) is 3.05. The van der Waals surface area contributed by atoms with Crippen LogP contribution in [0.3, 0.4) is 0 Å². The lowest BCUT2D eigenvalue weighted by Gasteiger charge is -2.09. The number of para-hydroxylation sites is 1. The van der Waals surface area contributed by atoms with E-state index in [0.29, 0.717) is 24.5 Å². The van der Waals surface area contributed by atoms with Crippen LogP contribution in [0.25, 0.3) is 0 Å². The first-order valence-corrected chi connectivity index (χ1v) is 6.73. The molecule has 0 bridgehead atoms. The molecular formula is C10H12N4O3S. The average molecular weight is 268 g/mol. The average Bonchev–Trinajstić information content (AvgIpc) is 2.81. The fourth-order valence-corrected chi connectivity index (χ4v) is 2.19. The number of nitrogens with one attached hydrogen (secondary N) is 1. The zero-order valence-electron chi connectivity index (χ0n) is 9.41. The topological polar surface area (TPSA) is 111 Å². The highest BCUT2D eigenvalue weighted by Gasteiger charge is 2.12. The fraction of sp³-hybridized carbons (Fsp3) is 0.200. The third-order valence-electron chi connectivity index (χ3n) is 2.26. The van der Waals surface area contributed by atoms with Crippen molar-refractivity contribution in [1.29, 1.82) is 0 Å². The highest BCUT2D eigenvalue weighted by molar-refractivity contribution is 7.89. The first-order valence-electron chi connectivity index (χ1n) is 5.18. The van der Waals surface area contributed by atoms with Gasteiger partial charge in [-0.05, 0) is 12.1 Å². The number of hydrogen-bond acceptors (Lipinski definition) is 6. The minimum atomic E-state index is -3.73. The molecule has 2 aromatic rings. The Morgan fingerprint density at radius 3 is 2.78 bits per heavy atom. The predicted octanol–water partition coefficient (Wildman–Crippen LogP) is 0.372. The number of sulfonamides is 1. The summed E-state index contributed by atoms with van der Waals surface area (Å²) in [4.78, 5) is 3.93. The Morgan fingerprint density at radius 2 is 2.11 bits per heavy atom. The Balaban J connectivity index is 2.06. The summed E-state index contributed by atoms with van der Waals surface area (Å²) in [6.45, 7) is 0.478. The Bertz CT molecular complexity index is 610. The van der Waals surface area contributed by atoms with Gasteiger partial charge in [-0.15, -0.1) is 0 Å². The first kappa shape index (κ1) is 12.5. The van der Waals surface area contributed by atoms with E-state index in [1.807, 2.05) is 0 Å². The molecule has 0 aliphatic carbocycles. The van der Waals surface area contributed by atoms with Crippen LogP contribution >= 0.6 is 0 Å². The van der Waals surface area contributed by atoms with Gasteiger partial charge in [0.25, 0.3) is 0 Å². The maximum Gasteiger partial charge on any atom is 0.240 e. The zero-order chi connectivity index (χ0) is 13.0. The first-order chi connectivity index (χ1) is 8.57. The largest absolute Gasteiger partial charge is 0.383 e. The van der Waals surface area contributed by atoms with Crippen molar-refractivity contribution in [2.24, 2.45) is 5.14 Å². The highest BCUT2D eigenvalue weighted by Crippen LogP contribution is 2.18. The van der Waals surface area contributed by atoms with Gasteiger partial charge in [-0.25, -0.2) is 13.6 Å². The van der Waals surface area contributed by atoms with E-state index in [-0.39, 0.29) is 4.90 Å². The van der Waals surface area contributed by atoms with Crippen LogP contribution in [0.4, 0.5) is 5.69 Å². The molecule has 0 radical (unpaired) electrons. The molecule has 0 spiro atoms. The lowest BCUT2D eigenvalue weighted by molar-refractivity contribution is 0.410. The molecule has 0 aliphatic heterocycles. The van der Waals surface area contributed by atoms with E-state index in [4.69, 9.17) is 5.14 Å². The molecule has 0 saturated heterocycles. The molecule has 18 heavy (non-hydrogen) atoms. The number of aromatic nitrogens is 2. The maximum absolute atomic E-state index is 11.3. The summed E-state index contributed by atoms with van der Waals surface area (Å²) in [5.41, 5.74) is 0.462. The Labute approximate surface area is 104 Å². The van der Waals surface area contributed by atoms with Crippen LogP contribution in [-0.4, -0.2) is 25.1 Å². The second-order valence-corrected chi connectivity index (χ2v) is 5.10. The molecule has 0 amide bonds. The van der Waals surface area contributed by atoms with Gasteiger partial charge < -0.3 is 9.84 Å². The van der Waals surface area contributed by atoms with Crippen molar-refractivity contribution in [2.45, 2.75) is 11.3 Å². The van der Waals surface area contributed by atoms with Crippen LogP contribution in [0.1, 0.15) is 5.82 Å². The molecule has 0 unspecified atom stereocenters. The zero-order valence-corrected chi connectivity index (χ0v) is 10.2.